The summed E-state index contributed by atoms with van der Waals surface area (Å²) in [6.07, 6.45) is 1.77. The Morgan fingerprint density at radius 3 is 2.27 bits per heavy atom. The first-order valence-electron chi connectivity index (χ1n) is 8.60. The van der Waals surface area contributed by atoms with E-state index >= 15 is 0 Å². The van der Waals surface area contributed by atoms with Crippen molar-refractivity contribution in [2.24, 2.45) is 0 Å². The molecule has 2 aromatic rings. The highest BCUT2D eigenvalue weighted by Gasteiger charge is 2.36. The van der Waals surface area contributed by atoms with Crippen molar-refractivity contribution in [3.05, 3.63) is 64.6 Å². The largest absolute Gasteiger partial charge is 0.494 e. The van der Waals surface area contributed by atoms with Crippen molar-refractivity contribution in [2.45, 2.75) is 26.7 Å². The second-order valence-electron chi connectivity index (χ2n) is 6.27. The molecule has 0 spiro atoms. The zero-order valence-corrected chi connectivity index (χ0v) is 15.9. The maximum Gasteiger partial charge on any atom is 0.298 e. The van der Waals surface area contributed by atoms with Crippen LogP contribution in [0.25, 0.3) is 6.08 Å². The van der Waals surface area contributed by atoms with Gasteiger partial charge in [0.05, 0.1) is 17.2 Å². The molecule has 0 atom stereocenters. The summed E-state index contributed by atoms with van der Waals surface area (Å²) in [5.74, 6) is 0.872. The number of nitrogens with zero attached hydrogens (tertiary/aromatic N) is 1. The number of benzene rings is 2. The number of thioether (sulfide) groups is 1. The number of ether oxygens (including phenoxy) is 1. The van der Waals surface area contributed by atoms with Crippen LogP contribution in [-0.2, 0) is 4.79 Å². The number of hydrogen-bond acceptors (Lipinski definition) is 4. The van der Waals surface area contributed by atoms with Crippen LogP contribution >= 0.6 is 11.8 Å². The van der Waals surface area contributed by atoms with Crippen LogP contribution in [0.2, 0.25) is 0 Å². The van der Waals surface area contributed by atoms with E-state index in [-0.39, 0.29) is 11.1 Å². The Morgan fingerprint density at radius 1 is 1.04 bits per heavy atom. The smallest absolute Gasteiger partial charge is 0.298 e. The third-order valence-corrected chi connectivity index (χ3v) is 4.97. The van der Waals surface area contributed by atoms with Crippen molar-refractivity contribution in [3.63, 3.8) is 0 Å². The maximum atomic E-state index is 12.7. The fourth-order valence-electron chi connectivity index (χ4n) is 2.68. The summed E-state index contributed by atoms with van der Waals surface area (Å²) < 4.78 is 5.40. The summed E-state index contributed by atoms with van der Waals surface area (Å²) in [6.45, 7) is 6.75. The van der Waals surface area contributed by atoms with Gasteiger partial charge in [-0.15, -0.1) is 0 Å². The molecule has 1 saturated heterocycles. The van der Waals surface area contributed by atoms with Gasteiger partial charge >= 0.3 is 0 Å². The number of rotatable bonds is 5. The second kappa shape index (κ2) is 7.79. The molecule has 1 aliphatic rings. The van der Waals surface area contributed by atoms with Gasteiger partial charge in [-0.25, -0.2) is 4.90 Å². The van der Waals surface area contributed by atoms with Gasteiger partial charge in [-0.2, -0.15) is 0 Å². The van der Waals surface area contributed by atoms with Gasteiger partial charge in [-0.3, -0.25) is 9.59 Å². The third-order valence-electron chi connectivity index (χ3n) is 4.10. The minimum absolute atomic E-state index is 0.288. The Labute approximate surface area is 157 Å². The molecule has 5 heteroatoms. The van der Waals surface area contributed by atoms with E-state index in [1.54, 1.807) is 30.3 Å². The van der Waals surface area contributed by atoms with E-state index in [9.17, 15) is 9.59 Å². The van der Waals surface area contributed by atoms with Crippen LogP contribution in [0.1, 0.15) is 37.8 Å². The van der Waals surface area contributed by atoms with Gasteiger partial charge in [0.25, 0.3) is 11.1 Å². The van der Waals surface area contributed by atoms with Crippen LogP contribution in [0.3, 0.4) is 0 Å². The van der Waals surface area contributed by atoms with Crippen LogP contribution in [0, 0.1) is 0 Å². The number of hydrogen-bond donors (Lipinski definition) is 0. The molecule has 134 valence electrons. The van der Waals surface area contributed by atoms with E-state index in [2.05, 4.69) is 13.8 Å². The Bertz CT molecular complexity index is 839. The molecule has 3 rings (SSSR count). The minimum Gasteiger partial charge on any atom is -0.494 e. The number of amides is 2. The zero-order valence-electron chi connectivity index (χ0n) is 15.1. The quantitative estimate of drug-likeness (QED) is 0.659. The first-order chi connectivity index (χ1) is 12.5. The standard InChI is InChI=1S/C21H21NO3S/c1-4-25-18-11-9-17(10-12-18)22-20(23)19(26-21(22)24)13-15-5-7-16(8-6-15)14(2)3/h5-14H,4H2,1-3H3/b19-13-. The van der Waals surface area contributed by atoms with E-state index < -0.39 is 0 Å². The SMILES string of the molecule is CCOc1ccc(N2C(=O)S/C(=C\c3ccc(C(C)C)cc3)C2=O)cc1. The van der Waals surface area contributed by atoms with Gasteiger partial charge in [-0.1, -0.05) is 38.1 Å². The van der Waals surface area contributed by atoms with Crippen LogP contribution in [0.15, 0.2) is 53.4 Å². The highest BCUT2D eigenvalue weighted by Crippen LogP contribution is 2.36. The monoisotopic (exact) mass is 367 g/mol. The van der Waals surface area contributed by atoms with Gasteiger partial charge in [0.2, 0.25) is 0 Å². The first kappa shape index (κ1) is 18.3. The van der Waals surface area contributed by atoms with Crippen molar-refractivity contribution in [2.75, 3.05) is 11.5 Å². The molecule has 26 heavy (non-hydrogen) atoms. The fraction of sp³-hybridized carbons (Fsp3) is 0.238. The Hall–Kier alpha value is -2.53. The third kappa shape index (κ3) is 3.83. The average molecular weight is 367 g/mol. The van der Waals surface area contributed by atoms with Gasteiger partial charge in [0, 0.05) is 0 Å². The van der Waals surface area contributed by atoms with Crippen molar-refractivity contribution in [3.8, 4) is 5.75 Å². The molecule has 0 bridgehead atoms. The molecule has 0 unspecified atom stereocenters. The number of carbonyl (C=O) groups is 2. The predicted molar refractivity (Wildman–Crippen MR) is 107 cm³/mol. The van der Waals surface area contributed by atoms with E-state index in [1.807, 2.05) is 31.2 Å². The minimum atomic E-state index is -0.294. The van der Waals surface area contributed by atoms with Crippen LogP contribution in [-0.4, -0.2) is 17.8 Å². The van der Waals surface area contributed by atoms with Gasteiger partial charge in [0.15, 0.2) is 0 Å². The van der Waals surface area contributed by atoms with Crippen molar-refractivity contribution in [1.29, 1.82) is 0 Å². The number of anilines is 1. The summed E-state index contributed by atoms with van der Waals surface area (Å²) in [5.41, 5.74) is 2.70. The molecular formula is C21H21NO3S. The first-order valence-corrected chi connectivity index (χ1v) is 9.42. The van der Waals surface area contributed by atoms with Crippen LogP contribution < -0.4 is 9.64 Å². The molecule has 0 saturated carbocycles. The number of imide groups is 1. The summed E-state index contributed by atoms with van der Waals surface area (Å²) >= 11 is 0.964. The molecule has 1 aliphatic heterocycles. The van der Waals surface area contributed by atoms with Gasteiger partial charge in [-0.05, 0) is 66.1 Å². The predicted octanol–water partition coefficient (Wildman–Crippen LogP) is 5.45. The Balaban J connectivity index is 1.81. The lowest BCUT2D eigenvalue weighted by Gasteiger charge is -2.13. The zero-order chi connectivity index (χ0) is 18.7. The van der Waals surface area contributed by atoms with Crippen LogP contribution in [0.4, 0.5) is 10.5 Å². The van der Waals surface area contributed by atoms with Gasteiger partial charge < -0.3 is 4.74 Å². The van der Waals surface area contributed by atoms with Gasteiger partial charge in [0.1, 0.15) is 5.75 Å². The summed E-state index contributed by atoms with van der Waals surface area (Å²) in [6, 6.07) is 15.0. The highest BCUT2D eigenvalue weighted by molar-refractivity contribution is 8.19. The lowest BCUT2D eigenvalue weighted by molar-refractivity contribution is -0.113. The maximum absolute atomic E-state index is 12.7. The molecular weight excluding hydrogens is 346 g/mol. The van der Waals surface area contributed by atoms with Crippen molar-refractivity contribution in [1.82, 2.24) is 0 Å². The van der Waals surface area contributed by atoms with Crippen LogP contribution in [0.5, 0.6) is 5.75 Å². The van der Waals surface area contributed by atoms with E-state index in [0.29, 0.717) is 28.9 Å². The molecule has 1 fully saturated rings. The molecule has 2 amide bonds. The van der Waals surface area contributed by atoms with Crippen molar-refractivity contribution < 1.29 is 14.3 Å². The molecule has 0 aliphatic carbocycles. The lowest BCUT2D eigenvalue weighted by atomic mass is 10.0. The second-order valence-corrected chi connectivity index (χ2v) is 7.26. The van der Waals surface area contributed by atoms with E-state index in [1.165, 1.54) is 10.5 Å². The summed E-state index contributed by atoms with van der Waals surface area (Å²) in [7, 11) is 0. The Kier molecular flexibility index (Phi) is 5.47. The molecule has 0 radical (unpaired) electrons. The van der Waals surface area contributed by atoms with Crippen molar-refractivity contribution >= 4 is 34.7 Å². The number of carbonyl (C=O) groups excluding carboxylic acids is 2. The average Bonchev–Trinajstić information content (AvgIpc) is 2.90. The molecule has 1 heterocycles. The van der Waals surface area contributed by atoms with E-state index in [4.69, 9.17) is 4.74 Å². The summed E-state index contributed by atoms with van der Waals surface area (Å²) in [5, 5.41) is -0.288. The molecule has 0 aromatic heterocycles. The van der Waals surface area contributed by atoms with E-state index in [0.717, 1.165) is 17.3 Å². The topological polar surface area (TPSA) is 46.6 Å². The Morgan fingerprint density at radius 2 is 1.69 bits per heavy atom. The molecule has 4 nitrogen and oxygen atoms in total. The molecule has 2 aromatic carbocycles. The molecule has 0 N–H and O–H groups in total. The fourth-order valence-corrected chi connectivity index (χ4v) is 3.52. The summed E-state index contributed by atoms with van der Waals surface area (Å²) in [4.78, 5) is 26.7. The lowest BCUT2D eigenvalue weighted by Crippen LogP contribution is -2.27. The normalized spacial score (nSPS) is 16.0. The highest BCUT2D eigenvalue weighted by atomic mass is 32.2.